The van der Waals surface area contributed by atoms with E-state index in [1.54, 1.807) is 6.92 Å². The predicted molar refractivity (Wildman–Crippen MR) is 105 cm³/mol. The Kier molecular flexibility index (Phi) is 6.38. The normalized spacial score (nSPS) is 10.7. The molecule has 0 saturated heterocycles. The molecule has 1 N–H and O–H groups in total. The Morgan fingerprint density at radius 2 is 1.70 bits per heavy atom. The first kappa shape index (κ1) is 20.2. The van der Waals surface area contributed by atoms with Crippen LogP contribution in [0.1, 0.15) is 37.6 Å². The highest BCUT2D eigenvalue weighted by molar-refractivity contribution is 5.95. The molecule has 0 atom stereocenters. The fourth-order valence-corrected chi connectivity index (χ4v) is 2.63. The molecule has 140 valence electrons. The van der Waals surface area contributed by atoms with Crippen LogP contribution in [0.2, 0.25) is 0 Å². The summed E-state index contributed by atoms with van der Waals surface area (Å²) in [5.41, 5.74) is 2.22. The number of rotatable bonds is 1. The van der Waals surface area contributed by atoms with Gasteiger partial charge >= 0.3 is 6.09 Å². The number of aromatic nitrogens is 1. The van der Waals surface area contributed by atoms with Crippen molar-refractivity contribution in [2.75, 3.05) is 0 Å². The number of hydrogen-bond donors (Lipinski definition) is 1. The second-order valence-electron chi connectivity index (χ2n) is 7.05. The molecule has 3 aromatic rings. The van der Waals surface area contributed by atoms with E-state index in [0.29, 0.717) is 16.8 Å². The first-order valence-electron chi connectivity index (χ1n) is 8.66. The third kappa shape index (κ3) is 4.96. The van der Waals surface area contributed by atoms with Crippen molar-refractivity contribution in [3.8, 4) is 6.07 Å². The largest absolute Gasteiger partial charge is 0.443 e. The van der Waals surface area contributed by atoms with Crippen molar-refractivity contribution in [1.29, 1.82) is 5.26 Å². The number of hydrogen-bond acceptors (Lipinski definition) is 4. The third-order valence-electron chi connectivity index (χ3n) is 3.82. The van der Waals surface area contributed by atoms with Crippen molar-refractivity contribution in [1.82, 2.24) is 4.57 Å². The molecular weight excluding hydrogens is 340 g/mol. The fraction of sp³-hybridized carbons (Fsp3) is 0.273. The molecule has 0 saturated carbocycles. The van der Waals surface area contributed by atoms with Gasteiger partial charge in [0.15, 0.2) is 0 Å². The minimum Gasteiger partial charge on any atom is -0.443 e. The maximum atomic E-state index is 12.3. The standard InChI is InChI=1S/C15H16N2O2.C7H8O/c1-10-12(9-16)11-7-5-6-8-13(11)17(10)14(18)19-15(2,3)4;8-6-7-4-2-1-3-5-7/h5-8H,1-4H3;1-5,8H,6H2. The zero-order valence-electron chi connectivity index (χ0n) is 16.1. The monoisotopic (exact) mass is 364 g/mol. The maximum Gasteiger partial charge on any atom is 0.419 e. The van der Waals surface area contributed by atoms with Crippen LogP contribution in [0.5, 0.6) is 0 Å². The van der Waals surface area contributed by atoms with E-state index in [4.69, 9.17) is 9.84 Å². The minimum atomic E-state index is -0.568. The SMILES string of the molecule is Cc1c(C#N)c2ccccc2n1C(=O)OC(C)(C)C.OCc1ccccc1. The summed E-state index contributed by atoms with van der Waals surface area (Å²) < 4.78 is 6.84. The van der Waals surface area contributed by atoms with Crippen LogP contribution in [0.25, 0.3) is 10.9 Å². The van der Waals surface area contributed by atoms with Crippen molar-refractivity contribution < 1.29 is 14.6 Å². The molecule has 1 aromatic heterocycles. The fourth-order valence-electron chi connectivity index (χ4n) is 2.63. The molecule has 3 rings (SSSR count). The Hall–Kier alpha value is -3.10. The van der Waals surface area contributed by atoms with Gasteiger partial charge in [-0.1, -0.05) is 48.5 Å². The lowest BCUT2D eigenvalue weighted by Gasteiger charge is -2.20. The average molecular weight is 364 g/mol. The molecule has 27 heavy (non-hydrogen) atoms. The van der Waals surface area contributed by atoms with E-state index >= 15 is 0 Å². The first-order chi connectivity index (χ1) is 12.8. The highest BCUT2D eigenvalue weighted by Crippen LogP contribution is 2.26. The molecule has 0 aliphatic heterocycles. The van der Waals surface area contributed by atoms with Crippen LogP contribution < -0.4 is 0 Å². The summed E-state index contributed by atoms with van der Waals surface area (Å²) >= 11 is 0. The summed E-state index contributed by atoms with van der Waals surface area (Å²) in [7, 11) is 0. The third-order valence-corrected chi connectivity index (χ3v) is 3.82. The lowest BCUT2D eigenvalue weighted by molar-refractivity contribution is 0.0541. The van der Waals surface area contributed by atoms with E-state index in [1.807, 2.05) is 75.4 Å². The Morgan fingerprint density at radius 1 is 1.11 bits per heavy atom. The second-order valence-corrected chi connectivity index (χ2v) is 7.05. The van der Waals surface area contributed by atoms with E-state index in [2.05, 4.69) is 6.07 Å². The van der Waals surface area contributed by atoms with Crippen molar-refractivity contribution in [2.24, 2.45) is 0 Å². The van der Waals surface area contributed by atoms with Crippen molar-refractivity contribution in [2.45, 2.75) is 39.9 Å². The quantitative estimate of drug-likeness (QED) is 0.674. The minimum absolute atomic E-state index is 0.140. The van der Waals surface area contributed by atoms with Crippen molar-refractivity contribution >= 4 is 17.0 Å². The lowest BCUT2D eigenvalue weighted by atomic mass is 10.1. The van der Waals surface area contributed by atoms with Crippen LogP contribution in [0.4, 0.5) is 4.79 Å². The highest BCUT2D eigenvalue weighted by Gasteiger charge is 2.23. The van der Waals surface area contributed by atoms with Crippen molar-refractivity contribution in [3.05, 3.63) is 71.4 Å². The van der Waals surface area contributed by atoms with E-state index in [-0.39, 0.29) is 6.61 Å². The number of ether oxygens (including phenoxy) is 1. The zero-order chi connectivity index (χ0) is 20.0. The zero-order valence-corrected chi connectivity index (χ0v) is 16.1. The van der Waals surface area contributed by atoms with Crippen LogP contribution in [-0.2, 0) is 11.3 Å². The molecule has 0 unspecified atom stereocenters. The van der Waals surface area contributed by atoms with Crippen molar-refractivity contribution in [3.63, 3.8) is 0 Å². The van der Waals surface area contributed by atoms with Gasteiger partial charge in [0.1, 0.15) is 11.7 Å². The number of aliphatic hydroxyl groups is 1. The average Bonchev–Trinajstić information content (AvgIpc) is 2.92. The summed E-state index contributed by atoms with van der Waals surface area (Å²) in [6.07, 6.45) is -0.456. The number of fused-ring (bicyclic) bond motifs is 1. The molecule has 0 aliphatic carbocycles. The molecule has 0 radical (unpaired) electrons. The van der Waals surface area contributed by atoms with Gasteiger partial charge in [0.25, 0.3) is 0 Å². The van der Waals surface area contributed by atoms with Gasteiger partial charge in [0.2, 0.25) is 0 Å². The van der Waals surface area contributed by atoms with E-state index in [9.17, 15) is 10.1 Å². The number of carbonyl (C=O) groups excluding carboxylic acids is 1. The van der Waals surface area contributed by atoms with Crippen LogP contribution in [0.3, 0.4) is 0 Å². The van der Waals surface area contributed by atoms with Gasteiger partial charge in [0, 0.05) is 11.1 Å². The van der Waals surface area contributed by atoms with E-state index in [1.165, 1.54) is 4.57 Å². The molecule has 0 amide bonds. The predicted octanol–water partition coefficient (Wildman–Crippen LogP) is 4.78. The van der Waals surface area contributed by atoms with Crippen LogP contribution in [0.15, 0.2) is 54.6 Å². The lowest BCUT2D eigenvalue weighted by Crippen LogP contribution is -2.27. The summed E-state index contributed by atoms with van der Waals surface area (Å²) in [6, 6.07) is 19.0. The van der Waals surface area contributed by atoms with Crippen LogP contribution in [0, 0.1) is 18.3 Å². The second kappa shape index (κ2) is 8.52. The molecule has 1 heterocycles. The van der Waals surface area contributed by atoms with Gasteiger partial charge in [-0.25, -0.2) is 9.36 Å². The summed E-state index contributed by atoms with van der Waals surface area (Å²) in [5, 5.41) is 18.5. The maximum absolute atomic E-state index is 12.3. The van der Waals surface area contributed by atoms with Gasteiger partial charge in [-0.15, -0.1) is 0 Å². The summed E-state index contributed by atoms with van der Waals surface area (Å²) in [5.74, 6) is 0. The number of nitriles is 1. The van der Waals surface area contributed by atoms with Gasteiger partial charge in [0.05, 0.1) is 17.7 Å². The molecule has 0 spiro atoms. The van der Waals surface area contributed by atoms with E-state index in [0.717, 1.165) is 10.9 Å². The van der Waals surface area contributed by atoms with E-state index < -0.39 is 11.7 Å². The number of nitrogens with zero attached hydrogens (tertiary/aromatic N) is 2. The Bertz CT molecular complexity index is 961. The van der Waals surface area contributed by atoms with Gasteiger partial charge in [-0.05, 0) is 39.3 Å². The Balaban J connectivity index is 0.000000273. The number of benzene rings is 2. The number of para-hydroxylation sites is 1. The molecular formula is C22H24N2O3. The summed E-state index contributed by atoms with van der Waals surface area (Å²) in [4.78, 5) is 12.3. The first-order valence-corrected chi connectivity index (χ1v) is 8.66. The highest BCUT2D eigenvalue weighted by atomic mass is 16.6. The topological polar surface area (TPSA) is 75.2 Å². The van der Waals surface area contributed by atoms with Gasteiger partial charge in [-0.3, -0.25) is 0 Å². The smallest absolute Gasteiger partial charge is 0.419 e. The molecule has 0 bridgehead atoms. The number of aliphatic hydroxyl groups excluding tert-OH is 1. The molecule has 0 fully saturated rings. The summed E-state index contributed by atoms with van der Waals surface area (Å²) in [6.45, 7) is 7.34. The van der Waals surface area contributed by atoms with Crippen LogP contribution >= 0.6 is 0 Å². The number of carbonyl (C=O) groups is 1. The Morgan fingerprint density at radius 3 is 2.22 bits per heavy atom. The van der Waals surface area contributed by atoms with Crippen LogP contribution in [-0.4, -0.2) is 21.4 Å². The molecule has 5 nitrogen and oxygen atoms in total. The molecule has 5 heteroatoms. The molecule has 2 aromatic carbocycles. The Labute approximate surface area is 159 Å². The molecule has 0 aliphatic rings. The van der Waals surface area contributed by atoms with Gasteiger partial charge in [-0.2, -0.15) is 5.26 Å². The van der Waals surface area contributed by atoms with Gasteiger partial charge < -0.3 is 9.84 Å².